The van der Waals surface area contributed by atoms with Crippen LogP contribution in [0.3, 0.4) is 0 Å². The van der Waals surface area contributed by atoms with Crippen molar-refractivity contribution in [2.75, 3.05) is 16.6 Å². The first-order chi connectivity index (χ1) is 13.7. The van der Waals surface area contributed by atoms with Gasteiger partial charge in [0, 0.05) is 12.6 Å². The number of sulfonamides is 1. The molecule has 2 aromatic rings. The van der Waals surface area contributed by atoms with Gasteiger partial charge in [0.25, 0.3) is 15.7 Å². The van der Waals surface area contributed by atoms with Crippen molar-refractivity contribution in [1.82, 2.24) is 5.32 Å². The highest BCUT2D eigenvalue weighted by Gasteiger charge is 2.27. The fourth-order valence-electron chi connectivity index (χ4n) is 3.18. The van der Waals surface area contributed by atoms with E-state index in [0.717, 1.165) is 23.6 Å². The third-order valence-electron chi connectivity index (χ3n) is 4.72. The van der Waals surface area contributed by atoms with E-state index in [2.05, 4.69) is 15.4 Å². The van der Waals surface area contributed by atoms with E-state index in [0.29, 0.717) is 18.7 Å². The van der Waals surface area contributed by atoms with E-state index in [9.17, 15) is 23.3 Å². The number of nitrogens with zero attached hydrogens (tertiary/aromatic N) is 1. The van der Waals surface area contributed by atoms with Crippen LogP contribution in [-0.4, -0.2) is 31.8 Å². The highest BCUT2D eigenvalue weighted by Crippen LogP contribution is 2.30. The molecule has 154 valence electrons. The first-order valence-corrected chi connectivity index (χ1v) is 10.6. The van der Waals surface area contributed by atoms with E-state index in [-0.39, 0.29) is 16.5 Å². The van der Waals surface area contributed by atoms with Crippen molar-refractivity contribution in [1.29, 1.82) is 0 Å². The van der Waals surface area contributed by atoms with Crippen molar-refractivity contribution < 1.29 is 18.1 Å². The molecule has 1 aliphatic rings. The van der Waals surface area contributed by atoms with Gasteiger partial charge in [0.15, 0.2) is 0 Å². The van der Waals surface area contributed by atoms with Crippen LogP contribution in [0.25, 0.3) is 0 Å². The minimum Gasteiger partial charge on any atom is -0.368 e. The summed E-state index contributed by atoms with van der Waals surface area (Å²) >= 11 is 0. The SMILES string of the molecule is Cc1ccc(NS(=O)(=O)c2ccc(NC3CCCNC3=O)c([N+](=O)[O-])c2)c(C)c1. The van der Waals surface area contributed by atoms with Gasteiger partial charge < -0.3 is 10.6 Å². The highest BCUT2D eigenvalue weighted by atomic mass is 32.2. The third-order valence-corrected chi connectivity index (χ3v) is 6.08. The second-order valence-electron chi connectivity index (χ2n) is 6.99. The summed E-state index contributed by atoms with van der Waals surface area (Å²) in [4.78, 5) is 22.5. The maximum absolute atomic E-state index is 12.7. The van der Waals surface area contributed by atoms with E-state index in [4.69, 9.17) is 0 Å². The largest absolute Gasteiger partial charge is 0.368 e. The Kier molecular flexibility index (Phi) is 5.73. The van der Waals surface area contributed by atoms with Crippen molar-refractivity contribution in [3.05, 3.63) is 57.6 Å². The second-order valence-corrected chi connectivity index (χ2v) is 8.67. The number of rotatable bonds is 6. The normalized spacial score (nSPS) is 16.8. The number of nitrogens with one attached hydrogen (secondary N) is 3. The molecular formula is C19H22N4O5S. The molecule has 1 amide bonds. The minimum absolute atomic E-state index is 0.0996. The van der Waals surface area contributed by atoms with Gasteiger partial charge in [-0.2, -0.15) is 0 Å². The fraction of sp³-hybridized carbons (Fsp3) is 0.316. The molecule has 3 rings (SSSR count). The number of anilines is 2. The molecule has 0 radical (unpaired) electrons. The Morgan fingerprint density at radius 3 is 2.52 bits per heavy atom. The van der Waals surface area contributed by atoms with Crippen LogP contribution in [0.1, 0.15) is 24.0 Å². The van der Waals surface area contributed by atoms with Crippen LogP contribution < -0.4 is 15.4 Å². The maximum Gasteiger partial charge on any atom is 0.293 e. The molecule has 1 unspecified atom stereocenters. The number of nitro groups is 1. The average Bonchev–Trinajstić information content (AvgIpc) is 2.66. The van der Waals surface area contributed by atoms with E-state index < -0.39 is 26.7 Å². The summed E-state index contributed by atoms with van der Waals surface area (Å²) in [6.45, 7) is 4.24. The van der Waals surface area contributed by atoms with E-state index in [1.807, 2.05) is 13.0 Å². The summed E-state index contributed by atoms with van der Waals surface area (Å²) in [7, 11) is -4.03. The number of carbonyl (C=O) groups is 1. The molecule has 0 spiro atoms. The van der Waals surface area contributed by atoms with Gasteiger partial charge in [-0.3, -0.25) is 19.6 Å². The lowest BCUT2D eigenvalue weighted by Gasteiger charge is -2.23. The molecule has 0 bridgehead atoms. The third kappa shape index (κ3) is 4.65. The van der Waals surface area contributed by atoms with Crippen molar-refractivity contribution >= 4 is 33.0 Å². The zero-order valence-electron chi connectivity index (χ0n) is 16.1. The van der Waals surface area contributed by atoms with E-state index in [1.54, 1.807) is 19.1 Å². The van der Waals surface area contributed by atoms with Crippen LogP contribution >= 0.6 is 0 Å². The molecule has 3 N–H and O–H groups in total. The van der Waals surface area contributed by atoms with Crippen LogP contribution in [-0.2, 0) is 14.8 Å². The molecule has 0 saturated carbocycles. The second kappa shape index (κ2) is 8.08. The molecule has 0 aliphatic carbocycles. The molecule has 9 nitrogen and oxygen atoms in total. The van der Waals surface area contributed by atoms with Crippen molar-refractivity contribution in [3.8, 4) is 0 Å². The van der Waals surface area contributed by atoms with E-state index >= 15 is 0 Å². The maximum atomic E-state index is 12.7. The van der Waals surface area contributed by atoms with Gasteiger partial charge in [0.1, 0.15) is 11.7 Å². The Hall–Kier alpha value is -3.14. The molecule has 29 heavy (non-hydrogen) atoms. The Morgan fingerprint density at radius 2 is 1.86 bits per heavy atom. The van der Waals surface area contributed by atoms with Crippen LogP contribution in [0.4, 0.5) is 17.1 Å². The van der Waals surface area contributed by atoms with Gasteiger partial charge >= 0.3 is 0 Å². The number of carbonyl (C=O) groups excluding carboxylic acids is 1. The van der Waals surface area contributed by atoms with Gasteiger partial charge in [-0.05, 0) is 50.5 Å². The summed E-state index contributed by atoms with van der Waals surface area (Å²) in [5.74, 6) is -0.237. The number of benzene rings is 2. The van der Waals surface area contributed by atoms with Crippen molar-refractivity contribution in [2.45, 2.75) is 37.6 Å². The summed E-state index contributed by atoms with van der Waals surface area (Å²) in [6, 6.07) is 8.25. The Labute approximate surface area is 168 Å². The van der Waals surface area contributed by atoms with Gasteiger partial charge in [0.2, 0.25) is 5.91 Å². The first kappa shape index (κ1) is 20.6. The van der Waals surface area contributed by atoms with Crippen molar-refractivity contribution in [2.24, 2.45) is 0 Å². The lowest BCUT2D eigenvalue weighted by Crippen LogP contribution is -2.44. The van der Waals surface area contributed by atoms with Crippen molar-refractivity contribution in [3.63, 3.8) is 0 Å². The van der Waals surface area contributed by atoms with Crippen LogP contribution in [0.2, 0.25) is 0 Å². The monoisotopic (exact) mass is 418 g/mol. The van der Waals surface area contributed by atoms with Gasteiger partial charge in [0.05, 0.1) is 15.5 Å². The molecule has 1 atom stereocenters. The molecule has 1 heterocycles. The quantitative estimate of drug-likeness (QED) is 0.488. The summed E-state index contributed by atoms with van der Waals surface area (Å²) < 4.78 is 28.0. The van der Waals surface area contributed by atoms with Gasteiger partial charge in [-0.15, -0.1) is 0 Å². The Morgan fingerprint density at radius 1 is 1.14 bits per heavy atom. The summed E-state index contributed by atoms with van der Waals surface area (Å²) in [5.41, 5.74) is 1.82. The number of aryl methyl sites for hydroxylation is 2. The van der Waals surface area contributed by atoms with Gasteiger partial charge in [-0.25, -0.2) is 8.42 Å². The fourth-order valence-corrected chi connectivity index (χ4v) is 4.33. The highest BCUT2D eigenvalue weighted by molar-refractivity contribution is 7.92. The molecule has 2 aromatic carbocycles. The molecule has 1 fully saturated rings. The molecule has 10 heteroatoms. The van der Waals surface area contributed by atoms with Crippen LogP contribution in [0.5, 0.6) is 0 Å². The zero-order chi connectivity index (χ0) is 21.2. The standard InChI is InChI=1S/C19H22N4O5S/c1-12-5-7-15(13(2)10-12)22-29(27,28)14-6-8-16(18(11-14)23(25)26)21-17-4-3-9-20-19(17)24/h5-8,10-11,17,21-22H,3-4,9H2,1-2H3,(H,20,24). The number of piperidine rings is 1. The predicted octanol–water partition coefficient (Wildman–Crippen LogP) is 2.70. The summed E-state index contributed by atoms with van der Waals surface area (Å²) in [5, 5.41) is 17.1. The smallest absolute Gasteiger partial charge is 0.293 e. The molecular weight excluding hydrogens is 396 g/mol. The Bertz CT molecular complexity index is 1070. The summed E-state index contributed by atoms with van der Waals surface area (Å²) in [6.07, 6.45) is 1.29. The zero-order valence-corrected chi connectivity index (χ0v) is 16.9. The molecule has 1 aliphatic heterocycles. The topological polar surface area (TPSA) is 130 Å². The number of nitro benzene ring substituents is 1. The first-order valence-electron chi connectivity index (χ1n) is 9.10. The van der Waals surface area contributed by atoms with Crippen LogP contribution in [0, 0.1) is 24.0 Å². The lowest BCUT2D eigenvalue weighted by molar-refractivity contribution is -0.384. The average molecular weight is 418 g/mol. The molecule has 0 aromatic heterocycles. The number of hydrogen-bond acceptors (Lipinski definition) is 6. The number of amides is 1. The number of hydrogen-bond donors (Lipinski definition) is 3. The van der Waals surface area contributed by atoms with Gasteiger partial charge in [-0.1, -0.05) is 17.7 Å². The molecule has 1 saturated heterocycles. The lowest BCUT2D eigenvalue weighted by atomic mass is 10.1. The van der Waals surface area contributed by atoms with E-state index in [1.165, 1.54) is 12.1 Å². The minimum atomic E-state index is -4.03. The predicted molar refractivity (Wildman–Crippen MR) is 109 cm³/mol. The van der Waals surface area contributed by atoms with Crippen LogP contribution in [0.15, 0.2) is 41.3 Å². The Balaban J connectivity index is 1.90.